The number of rotatable bonds is 6. The smallest absolute Gasteiger partial charge is 0.335 e. The Bertz CT molecular complexity index is 540. The third kappa shape index (κ3) is 5.36. The Labute approximate surface area is 137 Å². The number of carbonyl (C=O) groups excluding carboxylic acids is 1. The molecule has 1 aliphatic heterocycles. The van der Waals surface area contributed by atoms with Crippen LogP contribution in [0.25, 0.3) is 0 Å². The Balaban J connectivity index is 1.87. The first-order valence-corrected chi connectivity index (χ1v) is 8.30. The monoisotopic (exact) mass is 318 g/mol. The van der Waals surface area contributed by atoms with Crippen molar-refractivity contribution in [3.8, 4) is 0 Å². The Morgan fingerprint density at radius 3 is 2.61 bits per heavy atom. The number of nitrogens with zero attached hydrogens (tertiary/aromatic N) is 1. The van der Waals surface area contributed by atoms with E-state index in [1.807, 2.05) is 26.0 Å². The number of benzene rings is 1. The first-order valence-electron chi connectivity index (χ1n) is 8.30. The second kappa shape index (κ2) is 8.11. The highest BCUT2D eigenvalue weighted by molar-refractivity contribution is 5.87. The van der Waals surface area contributed by atoms with Crippen LogP contribution in [0.5, 0.6) is 0 Å². The predicted octanol–water partition coefficient (Wildman–Crippen LogP) is 2.48. The van der Waals surface area contributed by atoms with Gasteiger partial charge in [-0.1, -0.05) is 12.1 Å². The van der Waals surface area contributed by atoms with E-state index in [-0.39, 0.29) is 11.9 Å². The summed E-state index contributed by atoms with van der Waals surface area (Å²) in [6.45, 7) is 6.67. The lowest BCUT2D eigenvalue weighted by atomic mass is 9.90. The zero-order valence-electron chi connectivity index (χ0n) is 13.9. The predicted molar refractivity (Wildman–Crippen MR) is 89.7 cm³/mol. The molecule has 0 saturated carbocycles. The highest BCUT2D eigenvalue weighted by Crippen LogP contribution is 2.27. The molecule has 1 heterocycles. The van der Waals surface area contributed by atoms with Crippen LogP contribution in [0.1, 0.15) is 54.9 Å². The average molecular weight is 318 g/mol. The lowest BCUT2D eigenvalue weighted by Crippen LogP contribution is -2.38. The van der Waals surface area contributed by atoms with Gasteiger partial charge in [0.15, 0.2) is 0 Å². The van der Waals surface area contributed by atoms with Crippen LogP contribution in [0.3, 0.4) is 0 Å². The molecule has 1 aliphatic rings. The van der Waals surface area contributed by atoms with Crippen LogP contribution in [-0.4, -0.2) is 47.6 Å². The van der Waals surface area contributed by atoms with Gasteiger partial charge in [-0.2, -0.15) is 0 Å². The van der Waals surface area contributed by atoms with Crippen molar-refractivity contribution in [1.29, 1.82) is 0 Å². The molecule has 2 N–H and O–H groups in total. The number of hydrogen-bond acceptors (Lipinski definition) is 3. The second-order valence-electron chi connectivity index (χ2n) is 6.54. The molecule has 1 amide bonds. The molecule has 126 valence electrons. The maximum Gasteiger partial charge on any atom is 0.335 e. The number of piperidine rings is 1. The fraction of sp³-hybridized carbons (Fsp3) is 0.556. The summed E-state index contributed by atoms with van der Waals surface area (Å²) in [7, 11) is 0. The molecule has 0 aliphatic carbocycles. The molecule has 1 atom stereocenters. The van der Waals surface area contributed by atoms with Gasteiger partial charge in [0.2, 0.25) is 5.91 Å². The van der Waals surface area contributed by atoms with Crippen LogP contribution in [0.15, 0.2) is 24.3 Å². The van der Waals surface area contributed by atoms with Crippen LogP contribution in [0.4, 0.5) is 0 Å². The molecule has 1 fully saturated rings. The molecule has 1 aromatic rings. The van der Waals surface area contributed by atoms with E-state index in [2.05, 4.69) is 10.2 Å². The Morgan fingerprint density at radius 1 is 1.30 bits per heavy atom. The minimum atomic E-state index is -0.891. The molecule has 5 heteroatoms. The minimum absolute atomic E-state index is 0.105. The Morgan fingerprint density at radius 2 is 2.00 bits per heavy atom. The Kier molecular flexibility index (Phi) is 6.16. The van der Waals surface area contributed by atoms with Crippen molar-refractivity contribution in [2.45, 2.75) is 45.1 Å². The summed E-state index contributed by atoms with van der Waals surface area (Å²) >= 11 is 0. The largest absolute Gasteiger partial charge is 0.478 e. The first-order chi connectivity index (χ1) is 11.0. The van der Waals surface area contributed by atoms with Crippen molar-refractivity contribution < 1.29 is 14.7 Å². The Hall–Kier alpha value is -1.88. The van der Waals surface area contributed by atoms with Gasteiger partial charge in [-0.25, -0.2) is 4.79 Å². The number of carboxylic acids is 1. The van der Waals surface area contributed by atoms with Crippen LogP contribution in [0, 0.1) is 0 Å². The van der Waals surface area contributed by atoms with Crippen molar-refractivity contribution in [3.63, 3.8) is 0 Å². The summed E-state index contributed by atoms with van der Waals surface area (Å²) in [4.78, 5) is 25.0. The lowest BCUT2D eigenvalue weighted by molar-refractivity contribution is -0.122. The summed E-state index contributed by atoms with van der Waals surface area (Å²) in [5, 5.41) is 11.9. The molecule has 23 heavy (non-hydrogen) atoms. The molecule has 0 spiro atoms. The molecular formula is C18H26N2O3. The SMILES string of the molecule is CC(C)NC(=O)CCN1CCC[C@@H](c2ccc(C(=O)O)cc2)C1. The number of carbonyl (C=O) groups is 2. The molecule has 0 aromatic heterocycles. The van der Waals surface area contributed by atoms with Gasteiger partial charge in [0, 0.05) is 25.6 Å². The van der Waals surface area contributed by atoms with E-state index >= 15 is 0 Å². The van der Waals surface area contributed by atoms with Crippen molar-refractivity contribution in [2.75, 3.05) is 19.6 Å². The number of hydrogen-bond donors (Lipinski definition) is 2. The molecule has 0 radical (unpaired) electrons. The maximum atomic E-state index is 11.8. The summed E-state index contributed by atoms with van der Waals surface area (Å²) in [6, 6.07) is 7.37. The molecule has 1 aromatic carbocycles. The van der Waals surface area contributed by atoms with Gasteiger partial charge in [-0.15, -0.1) is 0 Å². The number of nitrogens with one attached hydrogen (secondary N) is 1. The summed E-state index contributed by atoms with van der Waals surface area (Å²) in [5.41, 5.74) is 1.51. The number of carboxylic acid groups (broad SMARTS) is 1. The minimum Gasteiger partial charge on any atom is -0.478 e. The van der Waals surface area contributed by atoms with E-state index in [0.717, 1.165) is 32.5 Å². The number of likely N-dealkylation sites (tertiary alicyclic amines) is 1. The van der Waals surface area contributed by atoms with E-state index in [9.17, 15) is 9.59 Å². The fourth-order valence-electron chi connectivity index (χ4n) is 3.08. The van der Waals surface area contributed by atoms with E-state index in [1.54, 1.807) is 12.1 Å². The maximum absolute atomic E-state index is 11.8. The third-order valence-electron chi connectivity index (χ3n) is 4.24. The summed E-state index contributed by atoms with van der Waals surface area (Å²) in [5.74, 6) is -0.370. The quantitative estimate of drug-likeness (QED) is 0.845. The van der Waals surface area contributed by atoms with Gasteiger partial charge in [0.1, 0.15) is 0 Å². The van der Waals surface area contributed by atoms with E-state index in [4.69, 9.17) is 5.11 Å². The van der Waals surface area contributed by atoms with Gasteiger partial charge in [-0.3, -0.25) is 4.79 Å². The van der Waals surface area contributed by atoms with Crippen molar-refractivity contribution in [2.24, 2.45) is 0 Å². The zero-order chi connectivity index (χ0) is 16.8. The van der Waals surface area contributed by atoms with Gasteiger partial charge in [0.05, 0.1) is 5.56 Å². The normalized spacial score (nSPS) is 18.8. The highest BCUT2D eigenvalue weighted by Gasteiger charge is 2.22. The van der Waals surface area contributed by atoms with Crippen molar-refractivity contribution in [3.05, 3.63) is 35.4 Å². The van der Waals surface area contributed by atoms with E-state index in [0.29, 0.717) is 17.9 Å². The van der Waals surface area contributed by atoms with E-state index < -0.39 is 5.97 Å². The van der Waals surface area contributed by atoms with Crippen LogP contribution in [-0.2, 0) is 4.79 Å². The number of amides is 1. The summed E-state index contributed by atoms with van der Waals surface area (Å²) < 4.78 is 0. The van der Waals surface area contributed by atoms with Gasteiger partial charge >= 0.3 is 5.97 Å². The molecule has 0 bridgehead atoms. The molecular weight excluding hydrogens is 292 g/mol. The topological polar surface area (TPSA) is 69.6 Å². The third-order valence-corrected chi connectivity index (χ3v) is 4.24. The van der Waals surface area contributed by atoms with Crippen molar-refractivity contribution in [1.82, 2.24) is 10.2 Å². The van der Waals surface area contributed by atoms with Gasteiger partial charge < -0.3 is 15.3 Å². The second-order valence-corrected chi connectivity index (χ2v) is 6.54. The molecule has 2 rings (SSSR count). The standard InChI is InChI=1S/C18H26N2O3/c1-13(2)19-17(21)9-11-20-10-3-4-16(12-20)14-5-7-15(8-6-14)18(22)23/h5-8,13,16H,3-4,9-12H2,1-2H3,(H,19,21)(H,22,23)/t16-/m1/s1. The lowest BCUT2D eigenvalue weighted by Gasteiger charge is -2.33. The van der Waals surface area contributed by atoms with Crippen LogP contribution < -0.4 is 5.32 Å². The first kappa shape index (κ1) is 17.5. The molecule has 1 saturated heterocycles. The van der Waals surface area contributed by atoms with Crippen LogP contribution in [0.2, 0.25) is 0 Å². The number of aromatic carboxylic acids is 1. The highest BCUT2D eigenvalue weighted by atomic mass is 16.4. The summed E-state index contributed by atoms with van der Waals surface area (Å²) in [6.07, 6.45) is 2.75. The van der Waals surface area contributed by atoms with Gasteiger partial charge in [0.25, 0.3) is 0 Å². The molecule has 0 unspecified atom stereocenters. The molecule has 5 nitrogen and oxygen atoms in total. The van der Waals surface area contributed by atoms with Gasteiger partial charge in [-0.05, 0) is 56.8 Å². The average Bonchev–Trinajstić information content (AvgIpc) is 2.53. The van der Waals surface area contributed by atoms with Crippen molar-refractivity contribution >= 4 is 11.9 Å². The fourth-order valence-corrected chi connectivity index (χ4v) is 3.08. The zero-order valence-corrected chi connectivity index (χ0v) is 13.9. The van der Waals surface area contributed by atoms with E-state index in [1.165, 1.54) is 5.56 Å². The van der Waals surface area contributed by atoms with Crippen LogP contribution >= 0.6 is 0 Å².